The largest absolute Gasteiger partial charge is 0.390 e. The standard InChI is InChI=1S/C32H50N4O4.ClH/c1-3-4-21-36-30(39)27(28(37)25-12-8-5-9-13-25)34-31(40)32(36)18-22-35(23-19-32)20-10-6-7-11-24-14-16-26(17-15-24)29(38)33-2;/h14-17,25,27-28,37H,3-13,18-23H2,1-2H3,(H,33,38)(H,34,40);1H/t27-,28-;/m1./s1. The van der Waals surface area contributed by atoms with Gasteiger partial charge in [-0.05, 0) is 81.5 Å². The molecular formula is C32H51ClN4O4. The number of likely N-dealkylation sites (tertiary alicyclic amines) is 1. The van der Waals surface area contributed by atoms with E-state index in [-0.39, 0.29) is 36.0 Å². The lowest BCUT2D eigenvalue weighted by Gasteiger charge is -2.52. The Morgan fingerprint density at radius 3 is 2.34 bits per heavy atom. The highest BCUT2D eigenvalue weighted by Crippen LogP contribution is 2.36. The number of unbranched alkanes of at least 4 members (excludes halogenated alkanes) is 3. The number of nitrogens with zero attached hydrogens (tertiary/aromatic N) is 2. The topological polar surface area (TPSA) is 102 Å². The molecule has 8 nitrogen and oxygen atoms in total. The highest BCUT2D eigenvalue weighted by Gasteiger charge is 2.55. The molecule has 0 unspecified atom stereocenters. The van der Waals surface area contributed by atoms with Gasteiger partial charge in [-0.15, -0.1) is 12.4 Å². The number of nitrogens with one attached hydrogen (secondary N) is 2. The molecule has 9 heteroatoms. The SMILES string of the molecule is CCCCN1C(=O)[C@@H]([C@H](O)C2CCCCC2)NC(=O)C12CCN(CCCCCc1ccc(C(=O)NC)cc1)CC2.Cl. The number of carbonyl (C=O) groups is 3. The first-order valence-electron chi connectivity index (χ1n) is 15.7. The Bertz CT molecular complexity index is 990. The van der Waals surface area contributed by atoms with E-state index in [1.54, 1.807) is 7.05 Å². The lowest BCUT2D eigenvalue weighted by atomic mass is 9.78. The molecule has 1 aromatic rings. The van der Waals surface area contributed by atoms with E-state index in [9.17, 15) is 19.5 Å². The molecule has 230 valence electrons. The average Bonchev–Trinajstić information content (AvgIpc) is 2.99. The predicted molar refractivity (Wildman–Crippen MR) is 164 cm³/mol. The molecule has 4 rings (SSSR count). The second-order valence-electron chi connectivity index (χ2n) is 12.1. The average molecular weight is 591 g/mol. The maximum Gasteiger partial charge on any atom is 0.251 e. The van der Waals surface area contributed by atoms with Crippen LogP contribution in [0.15, 0.2) is 24.3 Å². The number of aliphatic hydroxyl groups excluding tert-OH is 1. The van der Waals surface area contributed by atoms with Crippen LogP contribution in [0.3, 0.4) is 0 Å². The van der Waals surface area contributed by atoms with Gasteiger partial charge in [-0.25, -0.2) is 0 Å². The summed E-state index contributed by atoms with van der Waals surface area (Å²) < 4.78 is 0. The Balaban J connectivity index is 0.00000462. The lowest BCUT2D eigenvalue weighted by Crippen LogP contribution is -2.75. The zero-order valence-corrected chi connectivity index (χ0v) is 25.9. The summed E-state index contributed by atoms with van der Waals surface area (Å²) in [6.07, 6.45) is 11.9. The minimum atomic E-state index is -0.809. The first-order chi connectivity index (χ1) is 19.4. The number of hydrogen-bond donors (Lipinski definition) is 3. The van der Waals surface area contributed by atoms with Crippen molar-refractivity contribution in [3.8, 4) is 0 Å². The van der Waals surface area contributed by atoms with Crippen LogP contribution in [0.2, 0.25) is 0 Å². The Morgan fingerprint density at radius 2 is 1.71 bits per heavy atom. The zero-order chi connectivity index (χ0) is 28.5. The number of aryl methyl sites for hydroxylation is 1. The van der Waals surface area contributed by atoms with Gasteiger partial charge in [0.1, 0.15) is 11.6 Å². The van der Waals surface area contributed by atoms with Crippen molar-refractivity contribution in [2.45, 2.75) is 108 Å². The van der Waals surface area contributed by atoms with Gasteiger partial charge in [-0.2, -0.15) is 0 Å². The van der Waals surface area contributed by atoms with Crippen molar-refractivity contribution in [1.29, 1.82) is 0 Å². The Labute approximate surface area is 252 Å². The molecule has 1 saturated carbocycles. The number of carbonyl (C=O) groups excluding carboxylic acids is 3. The summed E-state index contributed by atoms with van der Waals surface area (Å²) in [5.74, 6) is -0.114. The minimum absolute atomic E-state index is 0. The molecule has 2 aliphatic heterocycles. The zero-order valence-electron chi connectivity index (χ0n) is 25.0. The number of piperidine rings is 1. The quantitative estimate of drug-likeness (QED) is 0.318. The second kappa shape index (κ2) is 15.9. The number of aliphatic hydroxyl groups is 1. The fraction of sp³-hybridized carbons (Fsp3) is 0.719. The molecule has 0 radical (unpaired) electrons. The van der Waals surface area contributed by atoms with Gasteiger partial charge in [-0.3, -0.25) is 14.4 Å². The molecule has 1 aromatic carbocycles. The third-order valence-electron chi connectivity index (χ3n) is 9.53. The number of amides is 3. The first-order valence-corrected chi connectivity index (χ1v) is 15.7. The molecule has 3 amide bonds. The number of benzene rings is 1. The maximum absolute atomic E-state index is 13.8. The van der Waals surface area contributed by atoms with Crippen molar-refractivity contribution in [2.24, 2.45) is 5.92 Å². The van der Waals surface area contributed by atoms with E-state index in [4.69, 9.17) is 0 Å². The molecular weight excluding hydrogens is 540 g/mol. The molecule has 0 bridgehead atoms. The summed E-state index contributed by atoms with van der Waals surface area (Å²) in [6, 6.07) is 7.03. The monoisotopic (exact) mass is 590 g/mol. The maximum atomic E-state index is 13.8. The molecule has 41 heavy (non-hydrogen) atoms. The van der Waals surface area contributed by atoms with Crippen molar-refractivity contribution >= 4 is 30.1 Å². The van der Waals surface area contributed by atoms with Gasteiger partial charge in [-0.1, -0.05) is 51.2 Å². The van der Waals surface area contributed by atoms with Gasteiger partial charge in [0, 0.05) is 32.2 Å². The van der Waals surface area contributed by atoms with Crippen LogP contribution in [0.1, 0.15) is 99.9 Å². The van der Waals surface area contributed by atoms with E-state index >= 15 is 0 Å². The van der Waals surface area contributed by atoms with E-state index in [0.29, 0.717) is 24.9 Å². The van der Waals surface area contributed by atoms with Gasteiger partial charge < -0.3 is 25.5 Å². The van der Waals surface area contributed by atoms with Gasteiger partial charge in [0.05, 0.1) is 6.10 Å². The van der Waals surface area contributed by atoms with Crippen LogP contribution in [-0.2, 0) is 16.0 Å². The van der Waals surface area contributed by atoms with E-state index in [1.807, 2.05) is 29.2 Å². The van der Waals surface area contributed by atoms with Crippen LogP contribution < -0.4 is 10.6 Å². The smallest absolute Gasteiger partial charge is 0.251 e. The minimum Gasteiger partial charge on any atom is -0.390 e. The van der Waals surface area contributed by atoms with E-state index in [0.717, 1.165) is 83.8 Å². The van der Waals surface area contributed by atoms with E-state index in [2.05, 4.69) is 22.5 Å². The van der Waals surface area contributed by atoms with Crippen LogP contribution in [0.4, 0.5) is 0 Å². The van der Waals surface area contributed by atoms with Crippen LogP contribution in [-0.4, -0.2) is 83.5 Å². The van der Waals surface area contributed by atoms with Crippen molar-refractivity contribution in [1.82, 2.24) is 20.4 Å². The molecule has 3 fully saturated rings. The molecule has 3 aliphatic rings. The van der Waals surface area contributed by atoms with Gasteiger partial charge in [0.25, 0.3) is 5.91 Å². The van der Waals surface area contributed by atoms with Crippen molar-refractivity contribution in [3.05, 3.63) is 35.4 Å². The first kappa shape index (κ1) is 33.3. The number of piperazine rings is 1. The predicted octanol–water partition coefficient (Wildman–Crippen LogP) is 4.08. The number of rotatable bonds is 12. The second-order valence-corrected chi connectivity index (χ2v) is 12.1. The Kier molecular flexibility index (Phi) is 12.9. The van der Waals surface area contributed by atoms with Crippen molar-refractivity contribution in [2.75, 3.05) is 33.2 Å². The molecule has 2 heterocycles. The van der Waals surface area contributed by atoms with Gasteiger partial charge in [0.2, 0.25) is 11.8 Å². The highest BCUT2D eigenvalue weighted by atomic mass is 35.5. The van der Waals surface area contributed by atoms with Gasteiger partial charge >= 0.3 is 0 Å². The number of hydrogen-bond acceptors (Lipinski definition) is 5. The highest BCUT2D eigenvalue weighted by molar-refractivity contribution is 6.00. The molecule has 2 atom stereocenters. The molecule has 2 saturated heterocycles. The third kappa shape index (κ3) is 8.02. The Morgan fingerprint density at radius 1 is 1.02 bits per heavy atom. The molecule has 1 aliphatic carbocycles. The summed E-state index contributed by atoms with van der Waals surface area (Å²) in [5.41, 5.74) is 1.15. The Hall–Kier alpha value is -2.16. The van der Waals surface area contributed by atoms with Crippen molar-refractivity contribution < 1.29 is 19.5 Å². The summed E-state index contributed by atoms with van der Waals surface area (Å²) in [4.78, 5) is 43.4. The van der Waals surface area contributed by atoms with Crippen LogP contribution in [0.5, 0.6) is 0 Å². The molecule has 0 aromatic heterocycles. The van der Waals surface area contributed by atoms with Crippen LogP contribution in [0, 0.1) is 5.92 Å². The molecule has 1 spiro atoms. The van der Waals surface area contributed by atoms with Gasteiger partial charge in [0.15, 0.2) is 0 Å². The fourth-order valence-corrected chi connectivity index (χ4v) is 6.91. The van der Waals surface area contributed by atoms with E-state index in [1.165, 1.54) is 12.0 Å². The lowest BCUT2D eigenvalue weighted by molar-refractivity contribution is -0.165. The normalized spacial score (nSPS) is 22.2. The summed E-state index contributed by atoms with van der Waals surface area (Å²) >= 11 is 0. The van der Waals surface area contributed by atoms with E-state index < -0.39 is 17.7 Å². The summed E-state index contributed by atoms with van der Waals surface area (Å²) in [5, 5.41) is 16.8. The van der Waals surface area contributed by atoms with Crippen LogP contribution >= 0.6 is 12.4 Å². The fourth-order valence-electron chi connectivity index (χ4n) is 6.91. The molecule has 3 N–H and O–H groups in total. The number of halogens is 1. The van der Waals surface area contributed by atoms with Crippen molar-refractivity contribution in [3.63, 3.8) is 0 Å². The summed E-state index contributed by atoms with van der Waals surface area (Å²) in [6.45, 7) is 5.30. The van der Waals surface area contributed by atoms with Crippen LogP contribution in [0.25, 0.3) is 0 Å². The third-order valence-corrected chi connectivity index (χ3v) is 9.53. The summed E-state index contributed by atoms with van der Waals surface area (Å²) in [7, 11) is 1.64.